The van der Waals surface area contributed by atoms with E-state index in [1.165, 1.54) is 0 Å². The Kier molecular flexibility index (Phi) is 4.73. The molecule has 0 amide bonds. The van der Waals surface area contributed by atoms with Crippen LogP contribution in [0.4, 0.5) is 0 Å². The molecule has 1 aromatic carbocycles. The normalized spacial score (nSPS) is 10.4. The van der Waals surface area contributed by atoms with Crippen molar-refractivity contribution >= 4 is 50.7 Å². The minimum absolute atomic E-state index is 0.297. The van der Waals surface area contributed by atoms with Gasteiger partial charge >= 0.3 is 0 Å². The second-order valence-electron chi connectivity index (χ2n) is 3.44. The molecule has 0 spiro atoms. The molecule has 0 N–H and O–H groups in total. The van der Waals surface area contributed by atoms with E-state index in [1.54, 1.807) is 24.4 Å². The molecule has 0 aliphatic carbocycles. The van der Waals surface area contributed by atoms with Crippen LogP contribution in [0.15, 0.2) is 34.9 Å². The van der Waals surface area contributed by atoms with Gasteiger partial charge in [0.2, 0.25) is 5.88 Å². The number of hydrogen-bond acceptors (Lipinski definition) is 2. The van der Waals surface area contributed by atoms with Crippen LogP contribution in [0.3, 0.4) is 0 Å². The van der Waals surface area contributed by atoms with E-state index in [-0.39, 0.29) is 0 Å². The zero-order valence-electron chi connectivity index (χ0n) is 8.96. The summed E-state index contributed by atoms with van der Waals surface area (Å²) in [6, 6.07) is 7.00. The average Bonchev–Trinajstić information content (AvgIpc) is 2.36. The molecule has 2 rings (SSSR count). The van der Waals surface area contributed by atoms with E-state index in [9.17, 15) is 0 Å². The predicted octanol–water partition coefficient (Wildman–Crippen LogP) is 5.68. The lowest BCUT2D eigenvalue weighted by Crippen LogP contribution is -1.91. The van der Waals surface area contributed by atoms with Crippen molar-refractivity contribution in [2.24, 2.45) is 0 Å². The monoisotopic (exact) mass is 365 g/mol. The molecular formula is C12H7BrCl3NO. The van der Waals surface area contributed by atoms with Crippen molar-refractivity contribution in [3.8, 4) is 11.6 Å². The standard InChI is InChI=1S/C12H7BrCl3NO/c13-8-1-2-9(15)11(4-8)18-12-10(16)3-7(5-14)6-17-12/h1-4,6H,5H2. The molecule has 2 nitrogen and oxygen atoms in total. The van der Waals surface area contributed by atoms with Crippen molar-refractivity contribution in [3.63, 3.8) is 0 Å². The first-order valence-electron chi connectivity index (χ1n) is 4.93. The molecule has 0 saturated carbocycles. The van der Waals surface area contributed by atoms with E-state index < -0.39 is 0 Å². The Morgan fingerprint density at radius 2 is 1.94 bits per heavy atom. The lowest BCUT2D eigenvalue weighted by Gasteiger charge is -2.09. The molecule has 6 heteroatoms. The van der Waals surface area contributed by atoms with Crippen LogP contribution in [0.2, 0.25) is 10.0 Å². The first kappa shape index (κ1) is 13.9. The Hall–Kier alpha value is -0.480. The van der Waals surface area contributed by atoms with Crippen molar-refractivity contribution in [3.05, 3.63) is 50.5 Å². The molecule has 0 aliphatic rings. The summed E-state index contributed by atoms with van der Waals surface area (Å²) >= 11 is 21.1. The van der Waals surface area contributed by atoms with Crippen molar-refractivity contribution in [2.45, 2.75) is 5.88 Å². The number of rotatable bonds is 3. The third-order valence-corrected chi connectivity index (χ3v) is 3.50. The third-order valence-electron chi connectivity index (χ3n) is 2.12. The van der Waals surface area contributed by atoms with Gasteiger partial charge in [-0.05, 0) is 29.8 Å². The summed E-state index contributed by atoms with van der Waals surface area (Å²) in [5, 5.41) is 0.877. The number of pyridine rings is 1. The summed E-state index contributed by atoms with van der Waals surface area (Å²) in [5.41, 5.74) is 0.828. The van der Waals surface area contributed by atoms with E-state index in [1.807, 2.05) is 6.07 Å². The summed E-state index contributed by atoms with van der Waals surface area (Å²) in [5.74, 6) is 1.13. The Bertz CT molecular complexity index is 577. The summed E-state index contributed by atoms with van der Waals surface area (Å²) in [6.07, 6.45) is 1.61. The van der Waals surface area contributed by atoms with Gasteiger partial charge in [-0.15, -0.1) is 11.6 Å². The van der Waals surface area contributed by atoms with Gasteiger partial charge in [-0.3, -0.25) is 0 Å². The molecule has 1 aromatic heterocycles. The van der Waals surface area contributed by atoms with Crippen LogP contribution in [0.1, 0.15) is 5.56 Å². The highest BCUT2D eigenvalue weighted by Gasteiger charge is 2.09. The predicted molar refractivity (Wildman–Crippen MR) is 78.0 cm³/mol. The molecule has 0 fully saturated rings. The number of ether oxygens (including phenoxy) is 1. The van der Waals surface area contributed by atoms with Crippen molar-refractivity contribution in [1.29, 1.82) is 0 Å². The molecule has 1 heterocycles. The van der Waals surface area contributed by atoms with Crippen LogP contribution in [0.25, 0.3) is 0 Å². The fourth-order valence-electron chi connectivity index (χ4n) is 1.27. The molecule has 0 radical (unpaired) electrons. The van der Waals surface area contributed by atoms with Gasteiger partial charge in [-0.2, -0.15) is 0 Å². The van der Waals surface area contributed by atoms with E-state index in [0.717, 1.165) is 10.0 Å². The van der Waals surface area contributed by atoms with Gasteiger partial charge in [0.05, 0.1) is 5.02 Å². The van der Waals surface area contributed by atoms with Crippen LogP contribution in [-0.2, 0) is 5.88 Å². The highest BCUT2D eigenvalue weighted by molar-refractivity contribution is 9.10. The van der Waals surface area contributed by atoms with Gasteiger partial charge in [0.15, 0.2) is 0 Å². The third kappa shape index (κ3) is 3.29. The molecule has 2 aromatic rings. The van der Waals surface area contributed by atoms with Gasteiger partial charge in [0.1, 0.15) is 10.8 Å². The van der Waals surface area contributed by atoms with Gasteiger partial charge in [-0.25, -0.2) is 4.98 Å². The molecule has 0 atom stereocenters. The molecule has 0 bridgehead atoms. The van der Waals surface area contributed by atoms with E-state index in [0.29, 0.717) is 27.6 Å². The minimum atomic E-state index is 0.297. The van der Waals surface area contributed by atoms with Crippen LogP contribution < -0.4 is 4.74 Å². The van der Waals surface area contributed by atoms with Crippen molar-refractivity contribution in [1.82, 2.24) is 4.98 Å². The summed E-state index contributed by atoms with van der Waals surface area (Å²) < 4.78 is 6.43. The van der Waals surface area contributed by atoms with Gasteiger partial charge < -0.3 is 4.74 Å². The maximum absolute atomic E-state index is 6.05. The number of nitrogens with zero attached hydrogens (tertiary/aromatic N) is 1. The number of aromatic nitrogens is 1. The zero-order valence-corrected chi connectivity index (χ0v) is 12.8. The van der Waals surface area contributed by atoms with Crippen LogP contribution in [0, 0.1) is 0 Å². The van der Waals surface area contributed by atoms with E-state index >= 15 is 0 Å². The molecule has 94 valence electrons. The maximum Gasteiger partial charge on any atom is 0.238 e. The topological polar surface area (TPSA) is 22.1 Å². The van der Waals surface area contributed by atoms with E-state index in [4.69, 9.17) is 39.5 Å². The van der Waals surface area contributed by atoms with Crippen molar-refractivity contribution < 1.29 is 4.74 Å². The number of halogens is 4. The zero-order chi connectivity index (χ0) is 13.1. The second-order valence-corrected chi connectivity index (χ2v) is 5.44. The Morgan fingerprint density at radius 1 is 1.17 bits per heavy atom. The highest BCUT2D eigenvalue weighted by Crippen LogP contribution is 2.34. The summed E-state index contributed by atoms with van der Waals surface area (Å²) in [7, 11) is 0. The number of benzene rings is 1. The fraction of sp³-hybridized carbons (Fsp3) is 0.0833. The lowest BCUT2D eigenvalue weighted by molar-refractivity contribution is 0.463. The molecule has 0 aliphatic heterocycles. The smallest absolute Gasteiger partial charge is 0.238 e. The Balaban J connectivity index is 2.31. The quantitative estimate of drug-likeness (QED) is 0.651. The van der Waals surface area contributed by atoms with Gasteiger partial charge in [0, 0.05) is 16.5 Å². The highest BCUT2D eigenvalue weighted by atomic mass is 79.9. The second kappa shape index (κ2) is 6.11. The maximum atomic E-state index is 6.05. The molecule has 0 unspecified atom stereocenters. The summed E-state index contributed by atoms with van der Waals surface area (Å²) in [6.45, 7) is 0. The van der Waals surface area contributed by atoms with Gasteiger partial charge in [-0.1, -0.05) is 39.1 Å². The van der Waals surface area contributed by atoms with Crippen molar-refractivity contribution in [2.75, 3.05) is 0 Å². The average molecular weight is 367 g/mol. The van der Waals surface area contributed by atoms with Crippen LogP contribution >= 0.6 is 50.7 Å². The first-order valence-corrected chi connectivity index (χ1v) is 7.02. The minimum Gasteiger partial charge on any atom is -0.436 e. The van der Waals surface area contributed by atoms with Crippen LogP contribution in [-0.4, -0.2) is 4.98 Å². The van der Waals surface area contributed by atoms with Crippen LogP contribution in [0.5, 0.6) is 11.6 Å². The Labute approximate surface area is 128 Å². The molecular weight excluding hydrogens is 360 g/mol. The largest absolute Gasteiger partial charge is 0.436 e. The fourth-order valence-corrected chi connectivity index (χ4v) is 2.14. The Morgan fingerprint density at radius 3 is 2.61 bits per heavy atom. The number of alkyl halides is 1. The van der Waals surface area contributed by atoms with Gasteiger partial charge in [0.25, 0.3) is 0 Å². The van der Waals surface area contributed by atoms with E-state index in [2.05, 4.69) is 20.9 Å². The molecule has 18 heavy (non-hydrogen) atoms. The lowest BCUT2D eigenvalue weighted by atomic mass is 10.3. The SMILES string of the molecule is ClCc1cnc(Oc2cc(Br)ccc2Cl)c(Cl)c1. The first-order chi connectivity index (χ1) is 8.60. The number of hydrogen-bond donors (Lipinski definition) is 0. The summed E-state index contributed by atoms with van der Waals surface area (Å²) in [4.78, 5) is 4.10. The molecule has 0 saturated heterocycles.